The number of amides is 1. The largest absolute Gasteiger partial charge is 0.392 e. The molecule has 2 aromatic rings. The summed E-state index contributed by atoms with van der Waals surface area (Å²) in [6, 6.07) is 16.1. The Balaban J connectivity index is 1.76. The fourth-order valence-electron chi connectivity index (χ4n) is 3.28. The summed E-state index contributed by atoms with van der Waals surface area (Å²) in [5.41, 5.74) is 1.53. The van der Waals surface area contributed by atoms with E-state index in [1.807, 2.05) is 36.4 Å². The van der Waals surface area contributed by atoms with E-state index in [1.165, 1.54) is 0 Å². The number of aliphatic hydroxyl groups is 1. The molecule has 1 amide bonds. The first-order chi connectivity index (χ1) is 12.5. The molecule has 5 nitrogen and oxygen atoms in total. The predicted molar refractivity (Wildman–Crippen MR) is 100 cm³/mol. The summed E-state index contributed by atoms with van der Waals surface area (Å²) >= 11 is 6.13. The van der Waals surface area contributed by atoms with Crippen LogP contribution in [0.2, 0.25) is 5.02 Å². The van der Waals surface area contributed by atoms with Gasteiger partial charge < -0.3 is 5.11 Å². The molecule has 1 fully saturated rings. The minimum absolute atomic E-state index is 0.0299. The van der Waals surface area contributed by atoms with Gasteiger partial charge in [-0.05, 0) is 23.6 Å². The number of hydrogen-bond acceptors (Lipinski definition) is 4. The summed E-state index contributed by atoms with van der Waals surface area (Å²) < 4.78 is 0. The normalized spacial score (nSPS) is 18.7. The molecule has 0 aliphatic carbocycles. The second-order valence-corrected chi connectivity index (χ2v) is 7.04. The minimum atomic E-state index is -0.503. The number of likely N-dealkylation sites (tertiary alicyclic amines) is 1. The molecule has 2 unspecified atom stereocenters. The summed E-state index contributed by atoms with van der Waals surface area (Å²) in [5.74, 6) is -0.410. The van der Waals surface area contributed by atoms with Crippen LogP contribution in [0.5, 0.6) is 0 Å². The van der Waals surface area contributed by atoms with Crippen LogP contribution in [-0.2, 0) is 11.2 Å². The van der Waals surface area contributed by atoms with Gasteiger partial charge in [0.15, 0.2) is 0 Å². The molecule has 6 heteroatoms. The van der Waals surface area contributed by atoms with Crippen molar-refractivity contribution in [1.29, 1.82) is 0 Å². The molecule has 0 spiro atoms. The molecule has 0 saturated carbocycles. The van der Waals surface area contributed by atoms with Crippen molar-refractivity contribution in [1.82, 2.24) is 9.96 Å². The second-order valence-electron chi connectivity index (χ2n) is 6.64. The first-order valence-electron chi connectivity index (χ1n) is 8.74. The number of carbonyl (C=O) groups is 1. The SMILES string of the molecule is O=C(Cc1ccccc1Cl)N(O)C(CN1CCC(O)C1)c1ccccc1. The minimum Gasteiger partial charge on any atom is -0.392 e. The lowest BCUT2D eigenvalue weighted by atomic mass is 10.0. The molecule has 3 rings (SSSR count). The average molecular weight is 375 g/mol. The highest BCUT2D eigenvalue weighted by molar-refractivity contribution is 6.31. The second kappa shape index (κ2) is 8.64. The maximum Gasteiger partial charge on any atom is 0.251 e. The molecule has 0 radical (unpaired) electrons. The molecule has 26 heavy (non-hydrogen) atoms. The molecule has 138 valence electrons. The molecule has 1 aliphatic rings. The Morgan fingerprint density at radius 2 is 1.88 bits per heavy atom. The number of hydrogen-bond donors (Lipinski definition) is 2. The number of rotatable bonds is 6. The van der Waals surface area contributed by atoms with Crippen molar-refractivity contribution in [3.05, 3.63) is 70.7 Å². The maximum absolute atomic E-state index is 12.7. The monoisotopic (exact) mass is 374 g/mol. The zero-order chi connectivity index (χ0) is 18.5. The van der Waals surface area contributed by atoms with E-state index in [0.717, 1.165) is 17.2 Å². The van der Waals surface area contributed by atoms with Crippen LogP contribution in [0.3, 0.4) is 0 Å². The number of benzene rings is 2. The molecular weight excluding hydrogens is 352 g/mol. The number of nitrogens with zero attached hydrogens (tertiary/aromatic N) is 2. The third kappa shape index (κ3) is 4.62. The Hall–Kier alpha value is -1.92. The Morgan fingerprint density at radius 3 is 2.54 bits per heavy atom. The zero-order valence-electron chi connectivity index (χ0n) is 14.5. The zero-order valence-corrected chi connectivity index (χ0v) is 15.2. The lowest BCUT2D eigenvalue weighted by Crippen LogP contribution is -2.40. The Morgan fingerprint density at radius 1 is 1.19 bits per heavy atom. The van der Waals surface area contributed by atoms with Crippen LogP contribution < -0.4 is 0 Å². The van der Waals surface area contributed by atoms with Crippen LogP contribution in [0.1, 0.15) is 23.6 Å². The Kier molecular flexibility index (Phi) is 6.27. The molecule has 1 saturated heterocycles. The number of hydroxylamine groups is 2. The van der Waals surface area contributed by atoms with E-state index in [9.17, 15) is 15.1 Å². The van der Waals surface area contributed by atoms with Crippen LogP contribution in [0, 0.1) is 0 Å². The van der Waals surface area contributed by atoms with Crippen molar-refractivity contribution in [2.45, 2.75) is 25.0 Å². The summed E-state index contributed by atoms with van der Waals surface area (Å²) in [6.07, 6.45) is 0.389. The number of aliphatic hydroxyl groups excluding tert-OH is 1. The summed E-state index contributed by atoms with van der Waals surface area (Å²) in [5, 5.41) is 21.7. The topological polar surface area (TPSA) is 64.0 Å². The van der Waals surface area contributed by atoms with Gasteiger partial charge in [-0.15, -0.1) is 0 Å². The van der Waals surface area contributed by atoms with Crippen LogP contribution in [0.15, 0.2) is 54.6 Å². The van der Waals surface area contributed by atoms with Gasteiger partial charge in [0.05, 0.1) is 18.6 Å². The van der Waals surface area contributed by atoms with Crippen molar-refractivity contribution in [3.8, 4) is 0 Å². The molecule has 2 atom stereocenters. The van der Waals surface area contributed by atoms with Gasteiger partial charge in [0.2, 0.25) is 0 Å². The summed E-state index contributed by atoms with van der Waals surface area (Å²) in [7, 11) is 0. The van der Waals surface area contributed by atoms with E-state index in [1.54, 1.807) is 18.2 Å². The van der Waals surface area contributed by atoms with Crippen molar-refractivity contribution >= 4 is 17.5 Å². The van der Waals surface area contributed by atoms with Crippen LogP contribution in [0.4, 0.5) is 0 Å². The lowest BCUT2D eigenvalue weighted by Gasteiger charge is -2.30. The van der Waals surface area contributed by atoms with Crippen LogP contribution in [-0.4, -0.2) is 51.9 Å². The Bertz CT molecular complexity index is 741. The molecule has 0 aromatic heterocycles. The molecule has 2 aromatic carbocycles. The van der Waals surface area contributed by atoms with Gasteiger partial charge in [-0.1, -0.05) is 60.1 Å². The van der Waals surface area contributed by atoms with Gasteiger partial charge >= 0.3 is 0 Å². The fraction of sp³-hybridized carbons (Fsp3) is 0.350. The van der Waals surface area contributed by atoms with Gasteiger partial charge in [0, 0.05) is 24.7 Å². The Labute approximate surface area is 158 Å². The van der Waals surface area contributed by atoms with Crippen molar-refractivity contribution < 1.29 is 15.1 Å². The highest BCUT2D eigenvalue weighted by Gasteiger charge is 2.29. The first-order valence-corrected chi connectivity index (χ1v) is 9.12. The number of halogens is 1. The predicted octanol–water partition coefficient (Wildman–Crippen LogP) is 2.91. The van der Waals surface area contributed by atoms with Crippen LogP contribution in [0.25, 0.3) is 0 Å². The van der Waals surface area contributed by atoms with E-state index in [2.05, 4.69) is 4.90 Å². The van der Waals surface area contributed by atoms with Gasteiger partial charge in [-0.3, -0.25) is 14.9 Å². The van der Waals surface area contributed by atoms with Gasteiger partial charge in [0.25, 0.3) is 5.91 Å². The molecular formula is C20H23ClN2O3. The van der Waals surface area contributed by atoms with E-state index >= 15 is 0 Å². The maximum atomic E-state index is 12.7. The van der Waals surface area contributed by atoms with Gasteiger partial charge in [0.1, 0.15) is 0 Å². The molecule has 1 aliphatic heterocycles. The molecule has 1 heterocycles. The van der Waals surface area contributed by atoms with E-state index in [-0.39, 0.29) is 12.5 Å². The first kappa shape index (κ1) is 18.9. The smallest absolute Gasteiger partial charge is 0.251 e. The summed E-state index contributed by atoms with van der Waals surface area (Å²) in [6.45, 7) is 1.76. The standard InChI is InChI=1S/C20H23ClN2O3/c21-18-9-5-4-8-16(18)12-20(25)23(26)19(15-6-2-1-3-7-15)14-22-11-10-17(24)13-22/h1-9,17,19,24,26H,10-14H2. The van der Waals surface area contributed by atoms with E-state index in [4.69, 9.17) is 11.6 Å². The van der Waals surface area contributed by atoms with Crippen molar-refractivity contribution in [3.63, 3.8) is 0 Å². The van der Waals surface area contributed by atoms with Crippen LogP contribution >= 0.6 is 11.6 Å². The summed E-state index contributed by atoms with van der Waals surface area (Å²) in [4.78, 5) is 14.7. The third-order valence-electron chi connectivity index (χ3n) is 4.71. The molecule has 2 N–H and O–H groups in total. The lowest BCUT2D eigenvalue weighted by molar-refractivity contribution is -0.177. The fourth-order valence-corrected chi connectivity index (χ4v) is 3.48. The number of β-amino-alcohol motifs (C(OH)–C–C–N with tert-alkyl or cyclic N) is 1. The quantitative estimate of drug-likeness (QED) is 0.602. The van der Waals surface area contributed by atoms with Gasteiger partial charge in [-0.2, -0.15) is 0 Å². The van der Waals surface area contributed by atoms with E-state index < -0.39 is 11.9 Å². The highest BCUT2D eigenvalue weighted by Crippen LogP contribution is 2.24. The van der Waals surface area contributed by atoms with Gasteiger partial charge in [-0.25, -0.2) is 5.06 Å². The molecule has 0 bridgehead atoms. The highest BCUT2D eigenvalue weighted by atomic mass is 35.5. The van der Waals surface area contributed by atoms with Crippen molar-refractivity contribution in [2.75, 3.05) is 19.6 Å². The van der Waals surface area contributed by atoms with Crippen molar-refractivity contribution in [2.24, 2.45) is 0 Å². The number of carbonyl (C=O) groups excluding carboxylic acids is 1. The third-order valence-corrected chi connectivity index (χ3v) is 5.08. The average Bonchev–Trinajstić information content (AvgIpc) is 3.06. The van der Waals surface area contributed by atoms with E-state index in [0.29, 0.717) is 30.1 Å².